The second-order valence-electron chi connectivity index (χ2n) is 9.10. The average Bonchev–Trinajstić information content (AvgIpc) is 3.14. The van der Waals surface area contributed by atoms with Crippen molar-refractivity contribution in [2.24, 2.45) is 0 Å². The normalized spacial score (nSPS) is 16.5. The first-order chi connectivity index (χ1) is 18.2. The van der Waals surface area contributed by atoms with E-state index in [2.05, 4.69) is 0 Å². The van der Waals surface area contributed by atoms with Crippen LogP contribution in [-0.2, 0) is 20.9 Å². The van der Waals surface area contributed by atoms with Crippen molar-refractivity contribution in [1.82, 2.24) is 4.90 Å². The third kappa shape index (κ3) is 4.98. The van der Waals surface area contributed by atoms with E-state index < -0.39 is 23.7 Å². The van der Waals surface area contributed by atoms with Gasteiger partial charge in [-0.1, -0.05) is 30.3 Å². The summed E-state index contributed by atoms with van der Waals surface area (Å²) in [7, 11) is 1.48. The number of likely N-dealkylation sites (tertiary alicyclic amines) is 1. The Morgan fingerprint density at radius 1 is 1.00 bits per heavy atom. The van der Waals surface area contributed by atoms with Crippen LogP contribution >= 0.6 is 0 Å². The molecule has 1 fully saturated rings. The second-order valence-corrected chi connectivity index (χ2v) is 9.10. The van der Waals surface area contributed by atoms with Crippen molar-refractivity contribution in [2.45, 2.75) is 33.4 Å². The summed E-state index contributed by atoms with van der Waals surface area (Å²) < 4.78 is 10.5. The van der Waals surface area contributed by atoms with Crippen molar-refractivity contribution in [3.8, 4) is 11.5 Å². The van der Waals surface area contributed by atoms with Gasteiger partial charge in [0.05, 0.1) is 36.5 Å². The number of aryl methyl sites for hydroxylation is 2. The Labute approximate surface area is 220 Å². The van der Waals surface area contributed by atoms with Crippen molar-refractivity contribution < 1.29 is 34.1 Å². The van der Waals surface area contributed by atoms with E-state index in [1.165, 1.54) is 24.1 Å². The Hall–Kier alpha value is -4.59. The predicted molar refractivity (Wildman–Crippen MR) is 141 cm³/mol. The van der Waals surface area contributed by atoms with E-state index in [0.29, 0.717) is 28.0 Å². The molecule has 0 spiro atoms. The molecule has 0 bridgehead atoms. The quantitative estimate of drug-likeness (QED) is 0.201. The fourth-order valence-corrected chi connectivity index (χ4v) is 4.75. The van der Waals surface area contributed by atoms with E-state index in [1.807, 2.05) is 19.9 Å². The number of hydrogen-bond donors (Lipinski definition) is 2. The first-order valence-corrected chi connectivity index (χ1v) is 12.1. The summed E-state index contributed by atoms with van der Waals surface area (Å²) in [5.74, 6) is -1.97. The molecule has 8 nitrogen and oxygen atoms in total. The number of carbonyl (C=O) groups excluding carboxylic acids is 3. The zero-order valence-corrected chi connectivity index (χ0v) is 21.6. The Morgan fingerprint density at radius 3 is 2.26 bits per heavy atom. The van der Waals surface area contributed by atoms with Crippen LogP contribution in [0.1, 0.15) is 51.1 Å². The highest BCUT2D eigenvalue weighted by atomic mass is 16.5. The number of amides is 1. The molecule has 1 atom stereocenters. The molecule has 2 N–H and O–H groups in total. The van der Waals surface area contributed by atoms with Crippen LogP contribution in [0, 0.1) is 13.8 Å². The van der Waals surface area contributed by atoms with Gasteiger partial charge < -0.3 is 24.6 Å². The second kappa shape index (κ2) is 10.8. The molecule has 1 unspecified atom stereocenters. The lowest BCUT2D eigenvalue weighted by Crippen LogP contribution is -2.29. The van der Waals surface area contributed by atoms with Crippen molar-refractivity contribution in [3.05, 3.63) is 99.6 Å². The molecule has 4 rings (SSSR count). The maximum atomic E-state index is 13.4. The monoisotopic (exact) mass is 515 g/mol. The van der Waals surface area contributed by atoms with Crippen molar-refractivity contribution in [1.29, 1.82) is 0 Å². The maximum Gasteiger partial charge on any atom is 0.338 e. The SMILES string of the molecule is CCOC(=O)c1ccc(CN2C(=O)C(=O)/C(=C(/O)c3cc(C)cc(C)c3OC)C2c2ccc(O)cc2)cc1. The number of hydrogen-bond acceptors (Lipinski definition) is 7. The maximum absolute atomic E-state index is 13.4. The molecular formula is C30H29NO7. The minimum absolute atomic E-state index is 0.0243. The molecule has 196 valence electrons. The zero-order valence-electron chi connectivity index (χ0n) is 21.6. The number of carbonyl (C=O) groups is 3. The van der Waals surface area contributed by atoms with Gasteiger partial charge in [0.2, 0.25) is 0 Å². The van der Waals surface area contributed by atoms with Gasteiger partial charge >= 0.3 is 5.97 Å². The van der Waals surface area contributed by atoms with Gasteiger partial charge in [-0.2, -0.15) is 0 Å². The first-order valence-electron chi connectivity index (χ1n) is 12.1. The topological polar surface area (TPSA) is 113 Å². The Morgan fingerprint density at radius 2 is 1.66 bits per heavy atom. The van der Waals surface area contributed by atoms with E-state index in [4.69, 9.17) is 9.47 Å². The van der Waals surface area contributed by atoms with Crippen LogP contribution in [0.4, 0.5) is 0 Å². The lowest BCUT2D eigenvalue weighted by Gasteiger charge is -2.26. The van der Waals surface area contributed by atoms with Crippen LogP contribution in [0.5, 0.6) is 11.5 Å². The number of nitrogens with zero attached hydrogens (tertiary/aromatic N) is 1. The van der Waals surface area contributed by atoms with Gasteiger partial charge in [0, 0.05) is 6.54 Å². The molecule has 38 heavy (non-hydrogen) atoms. The molecule has 1 aliphatic rings. The fraction of sp³-hybridized carbons (Fsp3) is 0.233. The van der Waals surface area contributed by atoms with Gasteiger partial charge in [0.1, 0.15) is 17.3 Å². The number of phenolic OH excluding ortho intramolecular Hbond substituents is 1. The van der Waals surface area contributed by atoms with Crippen molar-refractivity contribution in [2.75, 3.05) is 13.7 Å². The lowest BCUT2D eigenvalue weighted by atomic mass is 9.93. The highest BCUT2D eigenvalue weighted by Crippen LogP contribution is 2.42. The van der Waals surface area contributed by atoms with Gasteiger partial charge in [-0.3, -0.25) is 9.59 Å². The molecule has 1 aliphatic heterocycles. The van der Waals surface area contributed by atoms with Crippen LogP contribution in [0.15, 0.2) is 66.2 Å². The summed E-state index contributed by atoms with van der Waals surface area (Å²) in [6.45, 7) is 5.71. The number of aromatic hydroxyl groups is 1. The molecule has 0 aromatic heterocycles. The molecule has 3 aromatic carbocycles. The molecule has 0 radical (unpaired) electrons. The molecule has 1 amide bonds. The molecular weight excluding hydrogens is 486 g/mol. The van der Waals surface area contributed by atoms with Crippen LogP contribution in [-0.4, -0.2) is 46.5 Å². The molecule has 1 heterocycles. The van der Waals surface area contributed by atoms with Gasteiger partial charge in [-0.25, -0.2) is 4.79 Å². The molecule has 3 aromatic rings. The minimum Gasteiger partial charge on any atom is -0.508 e. The largest absolute Gasteiger partial charge is 0.508 e. The van der Waals surface area contributed by atoms with Gasteiger partial charge in [-0.15, -0.1) is 0 Å². The van der Waals surface area contributed by atoms with E-state index in [-0.39, 0.29) is 30.2 Å². The Bertz CT molecular complexity index is 1420. The van der Waals surface area contributed by atoms with Crippen molar-refractivity contribution >= 4 is 23.4 Å². The van der Waals surface area contributed by atoms with E-state index in [9.17, 15) is 24.6 Å². The van der Waals surface area contributed by atoms with E-state index in [0.717, 1.165) is 11.1 Å². The summed E-state index contributed by atoms with van der Waals surface area (Å²) in [4.78, 5) is 40.1. The van der Waals surface area contributed by atoms with Gasteiger partial charge in [0.25, 0.3) is 11.7 Å². The Kier molecular flexibility index (Phi) is 7.52. The average molecular weight is 516 g/mol. The summed E-state index contributed by atoms with van der Waals surface area (Å²) in [6, 6.07) is 15.4. The Balaban J connectivity index is 1.83. The van der Waals surface area contributed by atoms with Crippen LogP contribution in [0.2, 0.25) is 0 Å². The number of Topliss-reactive ketones (excluding diaryl/α,β-unsaturated/α-hetero) is 1. The lowest BCUT2D eigenvalue weighted by molar-refractivity contribution is -0.140. The highest BCUT2D eigenvalue weighted by Gasteiger charge is 2.46. The predicted octanol–water partition coefficient (Wildman–Crippen LogP) is 4.82. The van der Waals surface area contributed by atoms with Gasteiger partial charge in [0.15, 0.2) is 0 Å². The third-order valence-corrected chi connectivity index (χ3v) is 6.44. The number of aliphatic hydroxyl groups excluding tert-OH is 1. The minimum atomic E-state index is -0.925. The van der Waals surface area contributed by atoms with Crippen LogP contribution < -0.4 is 4.74 Å². The van der Waals surface area contributed by atoms with E-state index in [1.54, 1.807) is 49.4 Å². The molecule has 1 saturated heterocycles. The number of phenols is 1. The van der Waals surface area contributed by atoms with Crippen LogP contribution in [0.3, 0.4) is 0 Å². The molecule has 0 aliphatic carbocycles. The van der Waals surface area contributed by atoms with Crippen molar-refractivity contribution in [3.63, 3.8) is 0 Å². The number of rotatable bonds is 7. The molecule has 0 saturated carbocycles. The number of methoxy groups -OCH3 is 1. The highest BCUT2D eigenvalue weighted by molar-refractivity contribution is 6.46. The van der Waals surface area contributed by atoms with Crippen LogP contribution in [0.25, 0.3) is 5.76 Å². The summed E-state index contributed by atoms with van der Waals surface area (Å²) in [6.07, 6.45) is 0. The summed E-state index contributed by atoms with van der Waals surface area (Å²) in [5, 5.41) is 21.3. The zero-order chi connectivity index (χ0) is 27.6. The number of esters is 1. The fourth-order valence-electron chi connectivity index (χ4n) is 4.75. The smallest absolute Gasteiger partial charge is 0.338 e. The molecule has 8 heteroatoms. The van der Waals surface area contributed by atoms with Gasteiger partial charge in [-0.05, 0) is 73.4 Å². The van der Waals surface area contributed by atoms with E-state index >= 15 is 0 Å². The standard InChI is InChI=1S/C30H29NO7/c1-5-38-30(36)21-8-6-19(7-9-21)16-31-25(20-10-12-22(32)13-11-20)24(27(34)29(31)35)26(33)23-15-17(2)14-18(3)28(23)37-4/h6-15,25,32-33H,5,16H2,1-4H3/b26-24+. The summed E-state index contributed by atoms with van der Waals surface area (Å²) >= 11 is 0. The summed E-state index contributed by atoms with van der Waals surface area (Å²) in [5.41, 5.74) is 3.43. The third-order valence-electron chi connectivity index (χ3n) is 6.44. The first kappa shape index (κ1) is 26.5. The number of ether oxygens (including phenoxy) is 2. The number of aliphatic hydroxyl groups is 1. The number of benzene rings is 3. The number of ketones is 1.